The zero-order chi connectivity index (χ0) is 14.7. The fourth-order valence-electron chi connectivity index (χ4n) is 2.33. The lowest BCUT2D eigenvalue weighted by atomic mass is 9.96. The van der Waals surface area contributed by atoms with Crippen LogP contribution in [0.3, 0.4) is 0 Å². The summed E-state index contributed by atoms with van der Waals surface area (Å²) in [4.78, 5) is 27.9. The van der Waals surface area contributed by atoms with E-state index in [0.29, 0.717) is 37.6 Å². The molecule has 0 radical (unpaired) electrons. The van der Waals surface area contributed by atoms with Crippen LogP contribution in [0.4, 0.5) is 17.3 Å². The topological polar surface area (TPSA) is 114 Å². The summed E-state index contributed by atoms with van der Waals surface area (Å²) in [7, 11) is 1.71. The predicted molar refractivity (Wildman–Crippen MR) is 74.6 cm³/mol. The lowest BCUT2D eigenvalue weighted by Crippen LogP contribution is -2.39. The number of pyridine rings is 1. The highest BCUT2D eigenvalue weighted by molar-refractivity contribution is 5.77. The highest BCUT2D eigenvalue weighted by Crippen LogP contribution is 2.30. The van der Waals surface area contributed by atoms with E-state index in [1.54, 1.807) is 13.1 Å². The SMILES string of the molecule is CNc1ccc([N+](=O)[O-])c(N2CCC(C(N)=O)CC2)n1. The van der Waals surface area contributed by atoms with Crippen molar-refractivity contribution >= 4 is 23.2 Å². The standard InChI is InChI=1S/C12H17N5O3/c1-14-10-3-2-9(17(19)20)12(15-10)16-6-4-8(5-7-16)11(13)18/h2-3,8H,4-7H2,1H3,(H2,13,18)(H,14,15). The maximum Gasteiger partial charge on any atom is 0.311 e. The van der Waals surface area contributed by atoms with Gasteiger partial charge in [-0.3, -0.25) is 14.9 Å². The molecule has 1 aromatic rings. The highest BCUT2D eigenvalue weighted by atomic mass is 16.6. The van der Waals surface area contributed by atoms with Crippen LogP contribution in [-0.4, -0.2) is 36.0 Å². The summed E-state index contributed by atoms with van der Waals surface area (Å²) in [6, 6.07) is 3.01. The summed E-state index contributed by atoms with van der Waals surface area (Å²) in [5.74, 6) is 0.446. The van der Waals surface area contributed by atoms with Crippen LogP contribution in [0.2, 0.25) is 0 Å². The Bertz CT molecular complexity index is 526. The first-order chi connectivity index (χ1) is 9.52. The molecular formula is C12H17N5O3. The van der Waals surface area contributed by atoms with Crippen molar-refractivity contribution in [3.63, 3.8) is 0 Å². The van der Waals surface area contributed by atoms with Gasteiger partial charge in [0.2, 0.25) is 11.7 Å². The minimum Gasteiger partial charge on any atom is -0.373 e. The van der Waals surface area contributed by atoms with Crippen LogP contribution in [-0.2, 0) is 4.79 Å². The van der Waals surface area contributed by atoms with E-state index in [0.717, 1.165) is 0 Å². The summed E-state index contributed by atoms with van der Waals surface area (Å²) >= 11 is 0. The number of hydrogen-bond acceptors (Lipinski definition) is 6. The Kier molecular flexibility index (Phi) is 4.02. The molecule has 0 aliphatic carbocycles. The number of primary amides is 1. The van der Waals surface area contributed by atoms with Crippen LogP contribution in [0.1, 0.15) is 12.8 Å². The summed E-state index contributed by atoms with van der Waals surface area (Å²) < 4.78 is 0. The van der Waals surface area contributed by atoms with E-state index in [4.69, 9.17) is 5.73 Å². The van der Waals surface area contributed by atoms with Crippen molar-refractivity contribution in [1.82, 2.24) is 4.98 Å². The number of rotatable bonds is 4. The second kappa shape index (κ2) is 5.72. The third kappa shape index (κ3) is 2.79. The molecule has 20 heavy (non-hydrogen) atoms. The minimum absolute atomic E-state index is 0.0264. The second-order valence-corrected chi connectivity index (χ2v) is 4.71. The van der Waals surface area contributed by atoms with Crippen LogP contribution in [0.15, 0.2) is 12.1 Å². The van der Waals surface area contributed by atoms with E-state index < -0.39 is 4.92 Å². The van der Waals surface area contributed by atoms with Gasteiger partial charge in [0, 0.05) is 32.1 Å². The van der Waals surface area contributed by atoms with Crippen molar-refractivity contribution in [2.75, 3.05) is 30.4 Å². The molecule has 1 fully saturated rings. The van der Waals surface area contributed by atoms with Gasteiger partial charge in [0.05, 0.1) is 4.92 Å². The van der Waals surface area contributed by atoms with Crippen molar-refractivity contribution < 1.29 is 9.72 Å². The van der Waals surface area contributed by atoms with Gasteiger partial charge >= 0.3 is 5.69 Å². The maximum atomic E-state index is 11.1. The van der Waals surface area contributed by atoms with Crippen molar-refractivity contribution in [3.8, 4) is 0 Å². The third-order valence-corrected chi connectivity index (χ3v) is 3.50. The zero-order valence-electron chi connectivity index (χ0n) is 11.2. The van der Waals surface area contributed by atoms with E-state index in [2.05, 4.69) is 10.3 Å². The fraction of sp³-hybridized carbons (Fsp3) is 0.500. The first kappa shape index (κ1) is 14.0. The molecule has 2 rings (SSSR count). The van der Waals surface area contributed by atoms with Crippen molar-refractivity contribution in [3.05, 3.63) is 22.2 Å². The summed E-state index contributed by atoms with van der Waals surface area (Å²) in [6.07, 6.45) is 1.19. The van der Waals surface area contributed by atoms with Gasteiger partial charge in [-0.25, -0.2) is 4.98 Å². The van der Waals surface area contributed by atoms with Crippen LogP contribution < -0.4 is 16.0 Å². The fourth-order valence-corrected chi connectivity index (χ4v) is 2.33. The first-order valence-corrected chi connectivity index (χ1v) is 6.40. The van der Waals surface area contributed by atoms with Gasteiger partial charge in [-0.15, -0.1) is 0 Å². The first-order valence-electron chi connectivity index (χ1n) is 6.40. The number of carbonyl (C=O) groups excluding carboxylic acids is 1. The molecule has 1 aliphatic heterocycles. The molecule has 0 aromatic carbocycles. The van der Waals surface area contributed by atoms with Crippen molar-refractivity contribution in [1.29, 1.82) is 0 Å². The second-order valence-electron chi connectivity index (χ2n) is 4.71. The van der Waals surface area contributed by atoms with Gasteiger partial charge in [-0.2, -0.15) is 0 Å². The van der Waals surface area contributed by atoms with Crippen LogP contribution in [0, 0.1) is 16.0 Å². The predicted octanol–water partition coefficient (Wildman–Crippen LogP) is 0.733. The quantitative estimate of drug-likeness (QED) is 0.620. The molecule has 3 N–H and O–H groups in total. The van der Waals surface area contributed by atoms with Crippen molar-refractivity contribution in [2.24, 2.45) is 11.7 Å². The molecule has 1 saturated heterocycles. The molecular weight excluding hydrogens is 262 g/mol. The van der Waals surface area contributed by atoms with E-state index >= 15 is 0 Å². The molecule has 0 unspecified atom stereocenters. The van der Waals surface area contributed by atoms with Crippen LogP contribution in [0.5, 0.6) is 0 Å². The van der Waals surface area contributed by atoms with E-state index in [1.807, 2.05) is 4.90 Å². The summed E-state index contributed by atoms with van der Waals surface area (Å²) in [6.45, 7) is 1.07. The van der Waals surface area contributed by atoms with E-state index in [-0.39, 0.29) is 17.5 Å². The monoisotopic (exact) mass is 279 g/mol. The third-order valence-electron chi connectivity index (χ3n) is 3.50. The van der Waals surface area contributed by atoms with Crippen molar-refractivity contribution in [2.45, 2.75) is 12.8 Å². The number of hydrogen-bond donors (Lipinski definition) is 2. The van der Waals surface area contributed by atoms with Gasteiger partial charge < -0.3 is 16.0 Å². The number of anilines is 2. The molecule has 8 nitrogen and oxygen atoms in total. The van der Waals surface area contributed by atoms with Crippen LogP contribution in [0.25, 0.3) is 0 Å². The lowest BCUT2D eigenvalue weighted by molar-refractivity contribution is -0.384. The molecule has 8 heteroatoms. The Morgan fingerprint density at radius 1 is 1.50 bits per heavy atom. The zero-order valence-corrected chi connectivity index (χ0v) is 11.2. The minimum atomic E-state index is -0.443. The molecule has 1 aromatic heterocycles. The van der Waals surface area contributed by atoms with E-state index in [9.17, 15) is 14.9 Å². The Labute approximate surface area is 116 Å². The molecule has 0 atom stereocenters. The number of nitro groups is 1. The Balaban J connectivity index is 2.23. The molecule has 2 heterocycles. The molecule has 0 saturated carbocycles. The highest BCUT2D eigenvalue weighted by Gasteiger charge is 2.28. The number of nitrogens with one attached hydrogen (secondary N) is 1. The number of aromatic nitrogens is 1. The average molecular weight is 279 g/mol. The van der Waals surface area contributed by atoms with E-state index in [1.165, 1.54) is 6.07 Å². The van der Waals surface area contributed by atoms with Gasteiger partial charge in [0.1, 0.15) is 5.82 Å². The van der Waals surface area contributed by atoms with Gasteiger partial charge in [-0.1, -0.05) is 0 Å². The maximum absolute atomic E-state index is 11.1. The molecule has 0 bridgehead atoms. The number of amides is 1. The molecule has 1 amide bonds. The molecule has 1 aliphatic rings. The van der Waals surface area contributed by atoms with Gasteiger partial charge in [0.25, 0.3) is 0 Å². The number of piperidine rings is 1. The normalized spacial score (nSPS) is 15.9. The van der Waals surface area contributed by atoms with Gasteiger partial charge in [-0.05, 0) is 18.9 Å². The van der Waals surface area contributed by atoms with Gasteiger partial charge in [0.15, 0.2) is 0 Å². The largest absolute Gasteiger partial charge is 0.373 e. The smallest absolute Gasteiger partial charge is 0.311 e. The summed E-state index contributed by atoms with van der Waals surface area (Å²) in [5, 5.41) is 13.9. The number of nitrogens with zero attached hydrogens (tertiary/aromatic N) is 3. The Morgan fingerprint density at radius 2 is 2.15 bits per heavy atom. The van der Waals surface area contributed by atoms with Crippen LogP contribution >= 0.6 is 0 Å². The number of carbonyl (C=O) groups is 1. The molecule has 0 spiro atoms. The molecule has 108 valence electrons. The Morgan fingerprint density at radius 3 is 2.65 bits per heavy atom. The number of nitrogens with two attached hydrogens (primary N) is 1. The summed E-state index contributed by atoms with van der Waals surface area (Å²) in [5.41, 5.74) is 5.26. The lowest BCUT2D eigenvalue weighted by Gasteiger charge is -2.31. The Hall–Kier alpha value is -2.38. The average Bonchev–Trinajstić information content (AvgIpc) is 2.46.